The molecule has 1 rings (SSSR count). The lowest BCUT2D eigenvalue weighted by Crippen LogP contribution is -2.21. The maximum Gasteiger partial charge on any atom is 0.127 e. The van der Waals surface area contributed by atoms with Crippen LogP contribution in [0.3, 0.4) is 0 Å². The van der Waals surface area contributed by atoms with Crippen LogP contribution in [-0.2, 0) is 9.53 Å². The third-order valence-electron chi connectivity index (χ3n) is 1.97. The van der Waals surface area contributed by atoms with Gasteiger partial charge in [0.1, 0.15) is 6.29 Å². The van der Waals surface area contributed by atoms with Crippen molar-refractivity contribution in [3.63, 3.8) is 0 Å². The van der Waals surface area contributed by atoms with Crippen molar-refractivity contribution in [1.82, 2.24) is 9.80 Å². The lowest BCUT2D eigenvalue weighted by molar-refractivity contribution is -0.113. The van der Waals surface area contributed by atoms with Gasteiger partial charge in [-0.25, -0.2) is 0 Å². The van der Waals surface area contributed by atoms with E-state index in [9.17, 15) is 4.79 Å². The molecule has 0 radical (unpaired) electrons. The van der Waals surface area contributed by atoms with Crippen molar-refractivity contribution in [3.8, 4) is 0 Å². The molecule has 0 aliphatic carbocycles. The van der Waals surface area contributed by atoms with Crippen molar-refractivity contribution in [3.05, 3.63) is 0 Å². The molecule has 14 heavy (non-hydrogen) atoms. The number of hydrogen-bond acceptors (Lipinski definition) is 4. The molecule has 0 spiro atoms. The highest BCUT2D eigenvalue weighted by Crippen LogP contribution is 2.15. The van der Waals surface area contributed by atoms with Crippen LogP contribution in [0.25, 0.3) is 0 Å². The molecule has 4 nitrogen and oxygen atoms in total. The van der Waals surface area contributed by atoms with Gasteiger partial charge in [0, 0.05) is 20.2 Å². The predicted octanol–water partition coefficient (Wildman–Crippen LogP) is -0.0603. The summed E-state index contributed by atoms with van der Waals surface area (Å²) >= 11 is 0. The van der Waals surface area contributed by atoms with Gasteiger partial charge in [-0.3, -0.25) is 0 Å². The number of rotatable bonds is 2. The van der Waals surface area contributed by atoms with Crippen molar-refractivity contribution in [2.75, 3.05) is 48.4 Å². The van der Waals surface area contributed by atoms with E-state index in [0.717, 1.165) is 19.4 Å². The smallest absolute Gasteiger partial charge is 0.127 e. The molecule has 0 aromatic rings. The average molecular weight is 202 g/mol. The highest BCUT2D eigenvalue weighted by atomic mass is 16.5. The second-order valence-corrected chi connectivity index (χ2v) is 4.14. The molecule has 0 saturated carbocycles. The summed E-state index contributed by atoms with van der Waals surface area (Å²) < 4.78 is 5.11. The summed E-state index contributed by atoms with van der Waals surface area (Å²) in [4.78, 5) is 14.5. The Labute approximate surface area is 86.8 Å². The van der Waals surface area contributed by atoms with Gasteiger partial charge in [0.25, 0.3) is 0 Å². The van der Waals surface area contributed by atoms with Crippen LogP contribution in [0, 0.1) is 5.92 Å². The first kappa shape index (κ1) is 13.5. The van der Waals surface area contributed by atoms with Crippen LogP contribution in [-0.4, -0.2) is 70.6 Å². The Balaban J connectivity index is 0.000000364. The number of nitrogens with zero attached hydrogens (tertiary/aromatic N) is 2. The fourth-order valence-corrected chi connectivity index (χ4v) is 1.37. The Morgan fingerprint density at radius 3 is 2.14 bits per heavy atom. The van der Waals surface area contributed by atoms with E-state index in [-0.39, 0.29) is 12.0 Å². The number of aldehydes is 1. The molecule has 0 aromatic carbocycles. The van der Waals surface area contributed by atoms with E-state index in [4.69, 9.17) is 4.74 Å². The molecule has 1 saturated heterocycles. The van der Waals surface area contributed by atoms with Crippen molar-refractivity contribution in [2.45, 2.75) is 6.10 Å². The van der Waals surface area contributed by atoms with Crippen molar-refractivity contribution in [2.24, 2.45) is 5.92 Å². The summed E-state index contributed by atoms with van der Waals surface area (Å²) in [5, 5.41) is 0. The Bertz CT molecular complexity index is 159. The second-order valence-electron chi connectivity index (χ2n) is 4.14. The van der Waals surface area contributed by atoms with Gasteiger partial charge in [-0.15, -0.1) is 0 Å². The fraction of sp³-hybridized carbons (Fsp3) is 0.900. The molecule has 1 fully saturated rings. The largest absolute Gasteiger partial charge is 0.379 e. The molecular formula is C10H22N2O2. The summed E-state index contributed by atoms with van der Waals surface area (Å²) in [6, 6.07) is 0. The molecule has 84 valence electrons. The monoisotopic (exact) mass is 202 g/mol. The molecule has 0 bridgehead atoms. The summed E-state index contributed by atoms with van der Waals surface area (Å²) in [5.41, 5.74) is 0. The molecule has 2 unspecified atom stereocenters. The number of methoxy groups -OCH3 is 1. The van der Waals surface area contributed by atoms with Gasteiger partial charge >= 0.3 is 0 Å². The van der Waals surface area contributed by atoms with E-state index in [0.29, 0.717) is 0 Å². The number of likely N-dealkylation sites (N-methyl/N-ethyl adjacent to an activating group) is 1. The van der Waals surface area contributed by atoms with Crippen LogP contribution < -0.4 is 0 Å². The molecule has 2 atom stereocenters. The zero-order chi connectivity index (χ0) is 11.1. The summed E-state index contributed by atoms with van der Waals surface area (Å²) in [7, 11) is 9.65. The van der Waals surface area contributed by atoms with Gasteiger partial charge in [-0.05, 0) is 28.2 Å². The van der Waals surface area contributed by atoms with E-state index < -0.39 is 0 Å². The molecule has 0 amide bonds. The third kappa shape index (κ3) is 5.32. The lowest BCUT2D eigenvalue weighted by atomic mass is 10.1. The van der Waals surface area contributed by atoms with Crippen molar-refractivity contribution < 1.29 is 9.53 Å². The van der Waals surface area contributed by atoms with Crippen molar-refractivity contribution >= 4 is 6.29 Å². The van der Waals surface area contributed by atoms with Gasteiger partial charge in [0.15, 0.2) is 0 Å². The Morgan fingerprint density at radius 2 is 1.86 bits per heavy atom. The van der Waals surface area contributed by atoms with Crippen LogP contribution in [0.5, 0.6) is 0 Å². The first-order chi connectivity index (χ1) is 6.51. The zero-order valence-electron chi connectivity index (χ0n) is 9.86. The number of ether oxygens (including phenoxy) is 1. The van der Waals surface area contributed by atoms with Crippen molar-refractivity contribution in [1.29, 1.82) is 0 Å². The van der Waals surface area contributed by atoms with Gasteiger partial charge < -0.3 is 19.3 Å². The van der Waals surface area contributed by atoms with Crippen LogP contribution in [0.2, 0.25) is 0 Å². The zero-order valence-corrected chi connectivity index (χ0v) is 9.86. The number of carbonyl (C=O) groups is 1. The molecule has 1 aliphatic heterocycles. The standard InChI is InChI=1S/C7H13NO2.C3H9N/c1-8-3-6(5-9)7(4-8)10-2;1-4(2)3/h5-7H,3-4H2,1-2H3;1-3H3. The predicted molar refractivity (Wildman–Crippen MR) is 57.5 cm³/mol. The minimum Gasteiger partial charge on any atom is -0.379 e. The summed E-state index contributed by atoms with van der Waals surface area (Å²) in [5.74, 6) is 0.0787. The van der Waals surface area contributed by atoms with Gasteiger partial charge in [0.05, 0.1) is 12.0 Å². The van der Waals surface area contributed by atoms with Crippen LogP contribution in [0.15, 0.2) is 0 Å². The lowest BCUT2D eigenvalue weighted by Gasteiger charge is -2.09. The Hall–Kier alpha value is -0.450. The minimum atomic E-state index is 0.0787. The maximum absolute atomic E-state index is 10.4. The van der Waals surface area contributed by atoms with E-state index in [1.807, 2.05) is 33.1 Å². The topological polar surface area (TPSA) is 32.8 Å². The van der Waals surface area contributed by atoms with E-state index in [1.165, 1.54) is 0 Å². The SMILES string of the molecule is CN(C)C.COC1CN(C)CC1C=O. The third-order valence-corrected chi connectivity index (χ3v) is 1.97. The highest BCUT2D eigenvalue weighted by Gasteiger charge is 2.29. The molecular weight excluding hydrogens is 180 g/mol. The quantitative estimate of drug-likeness (QED) is 0.587. The molecule has 0 aromatic heterocycles. The minimum absolute atomic E-state index is 0.0787. The first-order valence-electron chi connectivity index (χ1n) is 4.78. The average Bonchev–Trinajstić information content (AvgIpc) is 2.45. The van der Waals surface area contributed by atoms with Crippen LogP contribution in [0.1, 0.15) is 0 Å². The molecule has 4 heteroatoms. The van der Waals surface area contributed by atoms with E-state index in [1.54, 1.807) is 7.11 Å². The molecule has 1 heterocycles. The van der Waals surface area contributed by atoms with Gasteiger partial charge in [0.2, 0.25) is 0 Å². The maximum atomic E-state index is 10.4. The van der Waals surface area contributed by atoms with E-state index >= 15 is 0 Å². The normalized spacial score (nSPS) is 27.3. The summed E-state index contributed by atoms with van der Waals surface area (Å²) in [6.07, 6.45) is 1.10. The Kier molecular flexibility index (Phi) is 6.70. The molecule has 0 N–H and O–H groups in total. The molecule has 1 aliphatic rings. The number of carbonyl (C=O) groups excluding carboxylic acids is 1. The first-order valence-corrected chi connectivity index (χ1v) is 4.78. The number of hydrogen-bond donors (Lipinski definition) is 0. The van der Waals surface area contributed by atoms with Crippen LogP contribution >= 0.6 is 0 Å². The second kappa shape index (κ2) is 6.92. The number of likely N-dealkylation sites (tertiary alicyclic amines) is 1. The van der Waals surface area contributed by atoms with Gasteiger partial charge in [-0.2, -0.15) is 0 Å². The fourth-order valence-electron chi connectivity index (χ4n) is 1.37. The summed E-state index contributed by atoms with van der Waals surface area (Å²) in [6.45, 7) is 1.71. The van der Waals surface area contributed by atoms with Gasteiger partial charge in [-0.1, -0.05) is 0 Å². The highest BCUT2D eigenvalue weighted by molar-refractivity contribution is 5.55. The van der Waals surface area contributed by atoms with E-state index in [2.05, 4.69) is 4.90 Å². The Morgan fingerprint density at radius 1 is 1.36 bits per heavy atom. The van der Waals surface area contributed by atoms with Crippen LogP contribution in [0.4, 0.5) is 0 Å².